The molecular formula is C8H14BrN2. The highest BCUT2D eigenvalue weighted by atomic mass is 79.9. The Morgan fingerprint density at radius 1 is 1.36 bits per heavy atom. The van der Waals surface area contributed by atoms with Gasteiger partial charge in [0.25, 0.3) is 0 Å². The first-order chi connectivity index (χ1) is 4.83. The summed E-state index contributed by atoms with van der Waals surface area (Å²) < 4.78 is 0. The van der Waals surface area contributed by atoms with Crippen molar-refractivity contribution in [3.8, 4) is 0 Å². The zero-order valence-corrected chi connectivity index (χ0v) is 8.63. The predicted octanol–water partition coefficient (Wildman–Crippen LogP) is -1.49. The fraction of sp³-hybridized carbons (Fsp3) is 0.625. The van der Waals surface area contributed by atoms with E-state index in [0.717, 1.165) is 6.54 Å². The minimum absolute atomic E-state index is 0. The lowest BCUT2D eigenvalue weighted by Crippen LogP contribution is -3.00. The summed E-state index contributed by atoms with van der Waals surface area (Å²) >= 11 is 0. The average Bonchev–Trinajstić information content (AvgIpc) is 2.31. The van der Waals surface area contributed by atoms with Gasteiger partial charge in [0.2, 0.25) is 0 Å². The van der Waals surface area contributed by atoms with Crippen LogP contribution < -0.4 is 17.0 Å². The molecule has 1 aliphatic heterocycles. The Morgan fingerprint density at radius 3 is 2.55 bits per heavy atom. The summed E-state index contributed by atoms with van der Waals surface area (Å²) in [7, 11) is 1.99. The Hall–Kier alpha value is -0.310. The summed E-state index contributed by atoms with van der Waals surface area (Å²) in [5.41, 5.74) is 0. The molecule has 0 N–H and O–H groups in total. The fourth-order valence-corrected chi connectivity index (χ4v) is 0.903. The van der Waals surface area contributed by atoms with E-state index in [-0.39, 0.29) is 17.0 Å². The van der Waals surface area contributed by atoms with Crippen LogP contribution >= 0.6 is 0 Å². The second-order valence-electron chi connectivity index (χ2n) is 2.56. The number of nitrogens with zero attached hydrogens (tertiary/aromatic N) is 2. The third kappa shape index (κ3) is 3.56. The molecule has 0 bridgehead atoms. The molecule has 0 fully saturated rings. The lowest BCUT2D eigenvalue weighted by Gasteiger charge is -1.99. The van der Waals surface area contributed by atoms with Crippen LogP contribution in [0.15, 0.2) is 12.4 Å². The van der Waals surface area contributed by atoms with Gasteiger partial charge in [0.05, 0.1) is 26.0 Å². The van der Waals surface area contributed by atoms with Crippen LogP contribution in [-0.4, -0.2) is 23.4 Å². The Kier molecular flexibility index (Phi) is 5.20. The molecule has 63 valence electrons. The summed E-state index contributed by atoms with van der Waals surface area (Å²) in [5.74, 6) is 0. The monoisotopic (exact) mass is 217 g/mol. The molecule has 0 atom stereocenters. The Balaban J connectivity index is 0.000001000. The van der Waals surface area contributed by atoms with Crippen molar-refractivity contribution in [2.24, 2.45) is 0 Å². The largest absolute Gasteiger partial charge is 1.00 e. The van der Waals surface area contributed by atoms with Gasteiger partial charge in [-0.15, -0.1) is 9.80 Å². The van der Waals surface area contributed by atoms with Gasteiger partial charge in [0, 0.05) is 0 Å². The molecule has 2 nitrogen and oxygen atoms in total. The number of rotatable bonds is 3. The summed E-state index contributed by atoms with van der Waals surface area (Å²) in [6, 6.07) is 0. The van der Waals surface area contributed by atoms with Crippen molar-refractivity contribution < 1.29 is 17.0 Å². The van der Waals surface area contributed by atoms with Crippen LogP contribution in [0.25, 0.3) is 0 Å². The predicted molar refractivity (Wildman–Crippen MR) is 41.8 cm³/mol. The molecule has 1 radical (unpaired) electrons. The van der Waals surface area contributed by atoms with Crippen LogP contribution in [0.3, 0.4) is 0 Å². The average molecular weight is 218 g/mol. The van der Waals surface area contributed by atoms with Gasteiger partial charge in [0.15, 0.2) is 0 Å². The lowest BCUT2D eigenvalue weighted by atomic mass is 10.3. The van der Waals surface area contributed by atoms with Crippen molar-refractivity contribution >= 4 is 0 Å². The molecule has 0 aromatic heterocycles. The van der Waals surface area contributed by atoms with Gasteiger partial charge >= 0.3 is 6.67 Å². The van der Waals surface area contributed by atoms with Gasteiger partial charge in [-0.05, 0) is 6.42 Å². The van der Waals surface area contributed by atoms with E-state index < -0.39 is 0 Å². The molecule has 3 heteroatoms. The van der Waals surface area contributed by atoms with Crippen molar-refractivity contribution in [1.29, 1.82) is 0 Å². The Morgan fingerprint density at radius 2 is 2.09 bits per heavy atom. The third-order valence-electron chi connectivity index (χ3n) is 1.51. The van der Waals surface area contributed by atoms with Gasteiger partial charge < -0.3 is 17.0 Å². The third-order valence-corrected chi connectivity index (χ3v) is 1.51. The lowest BCUT2D eigenvalue weighted by molar-refractivity contribution is -0.00000221. The molecule has 0 aliphatic carbocycles. The van der Waals surface area contributed by atoms with Crippen molar-refractivity contribution in [2.45, 2.75) is 19.8 Å². The van der Waals surface area contributed by atoms with E-state index in [4.69, 9.17) is 0 Å². The minimum Gasteiger partial charge on any atom is -1.00 e. The van der Waals surface area contributed by atoms with Crippen molar-refractivity contribution in [2.75, 3.05) is 13.6 Å². The van der Waals surface area contributed by atoms with E-state index >= 15 is 0 Å². The normalized spacial score (nSPS) is 14.7. The van der Waals surface area contributed by atoms with E-state index in [1.807, 2.05) is 18.1 Å². The second-order valence-corrected chi connectivity index (χ2v) is 2.56. The van der Waals surface area contributed by atoms with Crippen LogP contribution in [0.5, 0.6) is 0 Å². The van der Waals surface area contributed by atoms with Crippen molar-refractivity contribution in [3.05, 3.63) is 19.1 Å². The first-order valence-corrected chi connectivity index (χ1v) is 3.77. The summed E-state index contributed by atoms with van der Waals surface area (Å²) in [4.78, 5) is 4.03. The van der Waals surface area contributed by atoms with Gasteiger partial charge in [0.1, 0.15) is 0 Å². The first-order valence-electron chi connectivity index (χ1n) is 3.77. The molecule has 1 rings (SSSR count). The molecule has 1 aliphatic rings. The zero-order chi connectivity index (χ0) is 7.40. The molecule has 0 saturated carbocycles. The number of hydrogen-bond acceptors (Lipinski definition) is 2. The van der Waals surface area contributed by atoms with Crippen LogP contribution in [0, 0.1) is 6.67 Å². The quantitative estimate of drug-likeness (QED) is 0.532. The van der Waals surface area contributed by atoms with Crippen molar-refractivity contribution in [3.63, 3.8) is 0 Å². The van der Waals surface area contributed by atoms with Crippen molar-refractivity contribution in [1.82, 2.24) is 9.80 Å². The van der Waals surface area contributed by atoms with Gasteiger partial charge in [-0.2, -0.15) is 0 Å². The molecule has 0 saturated heterocycles. The molecule has 0 unspecified atom stereocenters. The highest BCUT2D eigenvalue weighted by Crippen LogP contribution is 2.08. The zero-order valence-electron chi connectivity index (χ0n) is 7.05. The van der Waals surface area contributed by atoms with Crippen LogP contribution in [0.1, 0.15) is 19.8 Å². The van der Waals surface area contributed by atoms with Crippen LogP contribution in [0.2, 0.25) is 0 Å². The van der Waals surface area contributed by atoms with Crippen LogP contribution in [0.4, 0.5) is 0 Å². The molecule has 0 aromatic rings. The maximum Gasteiger partial charge on any atom is 0.564 e. The van der Waals surface area contributed by atoms with E-state index in [1.165, 1.54) is 12.8 Å². The maximum absolute atomic E-state index is 3.14. The van der Waals surface area contributed by atoms with Gasteiger partial charge in [-0.3, -0.25) is 0 Å². The van der Waals surface area contributed by atoms with Crippen LogP contribution in [-0.2, 0) is 0 Å². The van der Waals surface area contributed by atoms with E-state index in [2.05, 4.69) is 24.7 Å². The molecule has 0 amide bonds. The Labute approximate surface area is 79.6 Å². The number of hydrogen-bond donors (Lipinski definition) is 0. The molecular weight excluding hydrogens is 204 g/mol. The van der Waals surface area contributed by atoms with Gasteiger partial charge in [-0.1, -0.05) is 13.3 Å². The SMILES string of the molecule is CCCCN1[C+]N(C)C=C1.[Br-]. The molecule has 0 aromatic carbocycles. The highest BCUT2D eigenvalue weighted by Gasteiger charge is 2.26. The van der Waals surface area contributed by atoms with E-state index in [9.17, 15) is 0 Å². The molecule has 11 heavy (non-hydrogen) atoms. The maximum atomic E-state index is 3.14. The van der Waals surface area contributed by atoms with E-state index in [1.54, 1.807) is 0 Å². The fourth-order valence-electron chi connectivity index (χ4n) is 0.903. The number of unbranched alkanes of at least 4 members (excludes halogenated alkanes) is 1. The van der Waals surface area contributed by atoms with Gasteiger partial charge in [-0.25, -0.2) is 0 Å². The summed E-state index contributed by atoms with van der Waals surface area (Å²) in [6.07, 6.45) is 6.55. The summed E-state index contributed by atoms with van der Waals surface area (Å²) in [6.45, 7) is 6.44. The summed E-state index contributed by atoms with van der Waals surface area (Å²) in [5, 5.41) is 0. The standard InChI is InChI=1S/C8H14N2.BrH/c1-3-4-5-10-7-6-9(2)8-10;/h6-7H,3-5H2,1-2H3;1H/q+1;/p-1. The molecule has 0 spiro atoms. The topological polar surface area (TPSA) is 6.48 Å². The van der Waals surface area contributed by atoms with E-state index in [0.29, 0.717) is 0 Å². The first kappa shape index (κ1) is 10.7. The smallest absolute Gasteiger partial charge is 0.564 e. The number of halogens is 1. The minimum atomic E-state index is 0. The Bertz CT molecular complexity index is 125. The second kappa shape index (κ2) is 5.35. The molecule has 1 heterocycles. The highest BCUT2D eigenvalue weighted by molar-refractivity contribution is 4.94.